The number of rotatable bonds is 3. The standard InChI is InChI=1S/C11H18N2S/c1-5-9-12-7-6-10(13-9)14-8-11(2,3)4/h6-7H,5,8H2,1-4H3. The Labute approximate surface area is 90.5 Å². The summed E-state index contributed by atoms with van der Waals surface area (Å²) in [5, 5.41) is 1.09. The van der Waals surface area contributed by atoms with E-state index in [2.05, 4.69) is 37.7 Å². The van der Waals surface area contributed by atoms with E-state index in [1.54, 1.807) is 11.8 Å². The Morgan fingerprint density at radius 3 is 2.64 bits per heavy atom. The van der Waals surface area contributed by atoms with Gasteiger partial charge in [0.25, 0.3) is 0 Å². The zero-order valence-electron chi connectivity index (χ0n) is 9.37. The largest absolute Gasteiger partial charge is 0.241 e. The van der Waals surface area contributed by atoms with E-state index in [4.69, 9.17) is 0 Å². The van der Waals surface area contributed by atoms with Crippen molar-refractivity contribution in [3.8, 4) is 0 Å². The van der Waals surface area contributed by atoms with E-state index in [0.717, 1.165) is 23.0 Å². The third-order valence-corrected chi connectivity index (χ3v) is 3.18. The van der Waals surface area contributed by atoms with Crippen molar-refractivity contribution >= 4 is 11.8 Å². The minimum atomic E-state index is 0.349. The fourth-order valence-corrected chi connectivity index (χ4v) is 1.83. The van der Waals surface area contributed by atoms with Crippen molar-refractivity contribution in [3.05, 3.63) is 18.1 Å². The molecule has 0 bridgehead atoms. The molecule has 14 heavy (non-hydrogen) atoms. The molecule has 1 aromatic heterocycles. The molecule has 0 radical (unpaired) electrons. The second-order valence-corrected chi connectivity index (χ2v) is 5.51. The summed E-state index contributed by atoms with van der Waals surface area (Å²) in [5.74, 6) is 2.02. The monoisotopic (exact) mass is 210 g/mol. The van der Waals surface area contributed by atoms with E-state index in [-0.39, 0.29) is 0 Å². The van der Waals surface area contributed by atoms with Crippen molar-refractivity contribution in [2.75, 3.05) is 5.75 Å². The molecule has 0 aliphatic rings. The van der Waals surface area contributed by atoms with Gasteiger partial charge in [-0.15, -0.1) is 11.8 Å². The number of aryl methyl sites for hydroxylation is 1. The van der Waals surface area contributed by atoms with Gasteiger partial charge in [0.2, 0.25) is 0 Å². The van der Waals surface area contributed by atoms with Crippen LogP contribution in [0.3, 0.4) is 0 Å². The first-order valence-electron chi connectivity index (χ1n) is 4.96. The Balaban J connectivity index is 2.59. The maximum absolute atomic E-state index is 4.45. The summed E-state index contributed by atoms with van der Waals surface area (Å²) < 4.78 is 0. The maximum atomic E-state index is 4.45. The van der Waals surface area contributed by atoms with Crippen LogP contribution in [0.15, 0.2) is 17.3 Å². The minimum Gasteiger partial charge on any atom is -0.241 e. The fourth-order valence-electron chi connectivity index (χ4n) is 0.922. The van der Waals surface area contributed by atoms with Crippen LogP contribution in [0.4, 0.5) is 0 Å². The molecular formula is C11H18N2S. The number of thioether (sulfide) groups is 1. The summed E-state index contributed by atoms with van der Waals surface area (Å²) >= 11 is 1.81. The zero-order chi connectivity index (χ0) is 10.6. The molecule has 0 aromatic carbocycles. The highest BCUT2D eigenvalue weighted by atomic mass is 32.2. The Bertz CT molecular complexity index is 292. The number of hydrogen-bond donors (Lipinski definition) is 0. The van der Waals surface area contributed by atoms with Crippen molar-refractivity contribution < 1.29 is 0 Å². The Kier molecular flexibility index (Phi) is 3.93. The molecule has 0 saturated carbocycles. The molecule has 1 heterocycles. The number of hydrogen-bond acceptors (Lipinski definition) is 3. The average molecular weight is 210 g/mol. The molecule has 2 nitrogen and oxygen atoms in total. The Hall–Kier alpha value is -0.570. The quantitative estimate of drug-likeness (QED) is 0.566. The second-order valence-electron chi connectivity index (χ2n) is 4.51. The normalized spacial score (nSPS) is 11.7. The lowest BCUT2D eigenvalue weighted by atomic mass is 10.0. The van der Waals surface area contributed by atoms with Gasteiger partial charge in [-0.2, -0.15) is 0 Å². The van der Waals surface area contributed by atoms with Gasteiger partial charge in [-0.1, -0.05) is 27.7 Å². The molecule has 0 atom stereocenters. The van der Waals surface area contributed by atoms with Crippen molar-refractivity contribution in [1.29, 1.82) is 0 Å². The third-order valence-electron chi connectivity index (χ3n) is 1.65. The van der Waals surface area contributed by atoms with Crippen LogP contribution in [-0.2, 0) is 6.42 Å². The minimum absolute atomic E-state index is 0.349. The molecule has 0 N–H and O–H groups in total. The highest BCUT2D eigenvalue weighted by Crippen LogP contribution is 2.25. The van der Waals surface area contributed by atoms with E-state index >= 15 is 0 Å². The molecule has 0 fully saturated rings. The van der Waals surface area contributed by atoms with Crippen LogP contribution < -0.4 is 0 Å². The lowest BCUT2D eigenvalue weighted by Gasteiger charge is -2.16. The molecule has 0 spiro atoms. The first kappa shape index (κ1) is 11.5. The molecule has 0 saturated heterocycles. The summed E-state index contributed by atoms with van der Waals surface area (Å²) in [4.78, 5) is 8.62. The van der Waals surface area contributed by atoms with Gasteiger partial charge >= 0.3 is 0 Å². The molecule has 0 unspecified atom stereocenters. The molecule has 0 aliphatic carbocycles. The first-order valence-corrected chi connectivity index (χ1v) is 5.94. The highest BCUT2D eigenvalue weighted by Gasteiger charge is 2.11. The molecule has 1 rings (SSSR count). The Morgan fingerprint density at radius 2 is 2.07 bits per heavy atom. The van der Waals surface area contributed by atoms with Gasteiger partial charge in [0.05, 0.1) is 5.03 Å². The van der Waals surface area contributed by atoms with Gasteiger partial charge in [0.1, 0.15) is 5.82 Å². The van der Waals surface area contributed by atoms with Gasteiger partial charge in [0.15, 0.2) is 0 Å². The smallest absolute Gasteiger partial charge is 0.129 e. The number of nitrogens with zero attached hydrogens (tertiary/aromatic N) is 2. The van der Waals surface area contributed by atoms with Crippen molar-refractivity contribution in [3.63, 3.8) is 0 Å². The zero-order valence-corrected chi connectivity index (χ0v) is 10.2. The van der Waals surface area contributed by atoms with E-state index in [1.807, 2.05) is 12.3 Å². The van der Waals surface area contributed by atoms with Crippen LogP contribution in [-0.4, -0.2) is 15.7 Å². The summed E-state index contributed by atoms with van der Waals surface area (Å²) in [6.45, 7) is 8.79. The summed E-state index contributed by atoms with van der Waals surface area (Å²) in [5.41, 5.74) is 0.349. The molecule has 78 valence electrons. The fraction of sp³-hybridized carbons (Fsp3) is 0.636. The van der Waals surface area contributed by atoms with Crippen molar-refractivity contribution in [1.82, 2.24) is 9.97 Å². The van der Waals surface area contributed by atoms with Crippen LogP contribution in [0.25, 0.3) is 0 Å². The molecule has 3 heteroatoms. The third kappa shape index (κ3) is 4.09. The Morgan fingerprint density at radius 1 is 1.36 bits per heavy atom. The van der Waals surface area contributed by atoms with Crippen molar-refractivity contribution in [2.24, 2.45) is 5.41 Å². The van der Waals surface area contributed by atoms with Gasteiger partial charge in [-0.05, 0) is 11.5 Å². The predicted molar refractivity (Wildman–Crippen MR) is 61.6 cm³/mol. The van der Waals surface area contributed by atoms with Gasteiger partial charge in [0, 0.05) is 18.4 Å². The second kappa shape index (κ2) is 4.78. The molecular weight excluding hydrogens is 192 g/mol. The van der Waals surface area contributed by atoms with E-state index < -0.39 is 0 Å². The van der Waals surface area contributed by atoms with Crippen molar-refractivity contribution in [2.45, 2.75) is 39.1 Å². The van der Waals surface area contributed by atoms with Crippen LogP contribution in [0.2, 0.25) is 0 Å². The number of aromatic nitrogens is 2. The van der Waals surface area contributed by atoms with Gasteiger partial charge in [-0.3, -0.25) is 0 Å². The van der Waals surface area contributed by atoms with Crippen LogP contribution >= 0.6 is 11.8 Å². The van der Waals surface area contributed by atoms with Gasteiger partial charge < -0.3 is 0 Å². The predicted octanol–water partition coefficient (Wildman–Crippen LogP) is 3.18. The molecule has 0 amide bonds. The van der Waals surface area contributed by atoms with E-state index in [1.165, 1.54) is 0 Å². The van der Waals surface area contributed by atoms with Crippen LogP contribution in [0.1, 0.15) is 33.5 Å². The molecule has 1 aromatic rings. The summed E-state index contributed by atoms with van der Waals surface area (Å²) in [6, 6.07) is 1.98. The topological polar surface area (TPSA) is 25.8 Å². The van der Waals surface area contributed by atoms with E-state index in [9.17, 15) is 0 Å². The highest BCUT2D eigenvalue weighted by molar-refractivity contribution is 7.99. The lowest BCUT2D eigenvalue weighted by molar-refractivity contribution is 0.480. The van der Waals surface area contributed by atoms with Gasteiger partial charge in [-0.25, -0.2) is 9.97 Å². The van der Waals surface area contributed by atoms with E-state index in [0.29, 0.717) is 5.41 Å². The molecule has 0 aliphatic heterocycles. The SMILES string of the molecule is CCc1nccc(SCC(C)(C)C)n1. The first-order chi connectivity index (χ1) is 6.51. The van der Waals surface area contributed by atoms with Crippen LogP contribution in [0.5, 0.6) is 0 Å². The summed E-state index contributed by atoms with van der Waals surface area (Å²) in [6.07, 6.45) is 2.75. The van der Waals surface area contributed by atoms with Crippen LogP contribution in [0, 0.1) is 5.41 Å². The lowest BCUT2D eigenvalue weighted by Crippen LogP contribution is -2.08. The summed E-state index contributed by atoms with van der Waals surface area (Å²) in [7, 11) is 0. The maximum Gasteiger partial charge on any atom is 0.129 e. The average Bonchev–Trinajstić information content (AvgIpc) is 2.14.